The second kappa shape index (κ2) is 5.91. The van der Waals surface area contributed by atoms with E-state index < -0.39 is 0 Å². The van der Waals surface area contributed by atoms with Gasteiger partial charge in [-0.15, -0.1) is 5.10 Å². The molecule has 0 unspecified atom stereocenters. The quantitative estimate of drug-likeness (QED) is 0.428. The summed E-state index contributed by atoms with van der Waals surface area (Å²) >= 11 is 0. The van der Waals surface area contributed by atoms with E-state index in [1.54, 1.807) is 0 Å². The smallest absolute Gasteiger partial charge is 0.289 e. The van der Waals surface area contributed by atoms with Gasteiger partial charge in [-0.3, -0.25) is 16.5 Å². The predicted octanol–water partition coefficient (Wildman–Crippen LogP) is 0.602. The van der Waals surface area contributed by atoms with Gasteiger partial charge in [-0.05, 0) is 30.7 Å². The Bertz CT molecular complexity index is 695. The van der Waals surface area contributed by atoms with E-state index in [2.05, 4.69) is 33.4 Å². The van der Waals surface area contributed by atoms with Crippen LogP contribution in [0.15, 0.2) is 41.6 Å². The van der Waals surface area contributed by atoms with Gasteiger partial charge in [-0.25, -0.2) is 0 Å². The molecule has 1 aromatic carbocycles. The average Bonchev–Trinajstić information content (AvgIpc) is 2.53. The van der Waals surface area contributed by atoms with Gasteiger partial charge in [0.25, 0.3) is 0 Å². The molecule has 3 rings (SSSR count). The Labute approximate surface area is 123 Å². The van der Waals surface area contributed by atoms with Crippen LogP contribution < -0.4 is 16.6 Å². The van der Waals surface area contributed by atoms with Gasteiger partial charge in [0.1, 0.15) is 0 Å². The molecule has 2 aromatic rings. The number of hydrogen-bond acceptors (Lipinski definition) is 2. The summed E-state index contributed by atoms with van der Waals surface area (Å²) in [5.74, 6) is 0.356. The van der Waals surface area contributed by atoms with Crippen molar-refractivity contribution in [3.8, 4) is 0 Å². The molecule has 1 fully saturated rings. The SMILES string of the molecule is NC(N)=[NH+]/N=C1/CCCC[C@@H]1c1nccc2ccccc12. The molecule has 0 aliphatic heterocycles. The number of benzene rings is 1. The molecular formula is C16H20N5+. The van der Waals surface area contributed by atoms with Gasteiger partial charge in [0.15, 0.2) is 0 Å². The van der Waals surface area contributed by atoms with Crippen LogP contribution in [0.25, 0.3) is 10.8 Å². The molecule has 5 nitrogen and oxygen atoms in total. The Morgan fingerprint density at radius 2 is 2.05 bits per heavy atom. The van der Waals surface area contributed by atoms with Crippen LogP contribution in [0, 0.1) is 0 Å². The highest BCUT2D eigenvalue weighted by Gasteiger charge is 2.25. The number of nitrogens with zero attached hydrogens (tertiary/aromatic N) is 2. The lowest BCUT2D eigenvalue weighted by atomic mass is 9.83. The van der Waals surface area contributed by atoms with Gasteiger partial charge >= 0.3 is 5.96 Å². The molecule has 1 aromatic heterocycles. The second-order valence-electron chi connectivity index (χ2n) is 5.39. The van der Waals surface area contributed by atoms with Crippen LogP contribution >= 0.6 is 0 Å². The summed E-state index contributed by atoms with van der Waals surface area (Å²) in [5, 5.41) is 9.49. The van der Waals surface area contributed by atoms with Gasteiger partial charge in [0.05, 0.1) is 11.4 Å². The molecule has 0 bridgehead atoms. The number of guanidine groups is 1. The van der Waals surface area contributed by atoms with E-state index in [9.17, 15) is 0 Å². The first kappa shape index (κ1) is 13.5. The molecule has 21 heavy (non-hydrogen) atoms. The summed E-state index contributed by atoms with van der Waals surface area (Å²) in [6.45, 7) is 0. The maximum Gasteiger partial charge on any atom is 0.362 e. The van der Waals surface area contributed by atoms with Crippen LogP contribution in [0.3, 0.4) is 0 Å². The number of hydrazone groups is 1. The second-order valence-corrected chi connectivity index (χ2v) is 5.39. The Balaban J connectivity index is 2.06. The summed E-state index contributed by atoms with van der Waals surface area (Å²) in [6.07, 6.45) is 6.23. The zero-order chi connectivity index (χ0) is 14.7. The first-order valence-corrected chi connectivity index (χ1v) is 7.29. The van der Waals surface area contributed by atoms with Crippen molar-refractivity contribution in [3.05, 3.63) is 42.2 Å². The third-order valence-corrected chi connectivity index (χ3v) is 3.94. The van der Waals surface area contributed by atoms with Crippen molar-refractivity contribution in [1.29, 1.82) is 0 Å². The van der Waals surface area contributed by atoms with Crippen LogP contribution in [0.4, 0.5) is 0 Å². The number of nitrogens with two attached hydrogens (primary N) is 2. The van der Waals surface area contributed by atoms with Crippen molar-refractivity contribution in [2.45, 2.75) is 31.6 Å². The summed E-state index contributed by atoms with van der Waals surface area (Å²) in [4.78, 5) is 4.63. The highest BCUT2D eigenvalue weighted by Crippen LogP contribution is 2.33. The maximum absolute atomic E-state index is 5.44. The standard InChI is InChI=1S/C16H19N5/c17-16(18)21-20-14-8-4-3-7-13(14)15-12-6-2-1-5-11(12)9-10-19-15/h1-2,5-6,9-10,13H,3-4,7-8H2,(H4,17,18,21)/p+1/b20-14-/t13-/m0/s1. The molecule has 1 aliphatic rings. The number of aromatic nitrogens is 1. The minimum atomic E-state index is 0.123. The monoisotopic (exact) mass is 282 g/mol. The minimum Gasteiger partial charge on any atom is -0.289 e. The Kier molecular flexibility index (Phi) is 3.81. The Hall–Kier alpha value is -2.43. The van der Waals surface area contributed by atoms with Crippen molar-refractivity contribution in [2.75, 3.05) is 0 Å². The van der Waals surface area contributed by atoms with Crippen molar-refractivity contribution >= 4 is 22.4 Å². The molecule has 1 saturated carbocycles. The van der Waals surface area contributed by atoms with Gasteiger partial charge in [0, 0.05) is 17.5 Å². The summed E-state index contributed by atoms with van der Waals surface area (Å²) in [7, 11) is 0. The Morgan fingerprint density at radius 3 is 2.90 bits per heavy atom. The lowest BCUT2D eigenvalue weighted by molar-refractivity contribution is -0.464. The van der Waals surface area contributed by atoms with Crippen molar-refractivity contribution in [3.63, 3.8) is 0 Å². The topological polar surface area (TPSA) is 91.3 Å². The highest BCUT2D eigenvalue weighted by molar-refractivity contribution is 5.95. The van der Waals surface area contributed by atoms with E-state index in [0.29, 0.717) is 0 Å². The molecule has 1 heterocycles. The van der Waals surface area contributed by atoms with Crippen LogP contribution in [-0.2, 0) is 0 Å². The number of hydrogen-bond donors (Lipinski definition) is 3. The molecule has 5 N–H and O–H groups in total. The van der Waals surface area contributed by atoms with E-state index in [1.807, 2.05) is 18.3 Å². The van der Waals surface area contributed by atoms with Crippen molar-refractivity contribution in [2.24, 2.45) is 16.6 Å². The summed E-state index contributed by atoms with van der Waals surface area (Å²) < 4.78 is 0. The third kappa shape index (κ3) is 2.86. The number of pyridine rings is 1. The number of fused-ring (bicyclic) bond motifs is 1. The summed E-state index contributed by atoms with van der Waals surface area (Å²) in [5.41, 5.74) is 13.1. The van der Waals surface area contributed by atoms with Gasteiger partial charge in [0.2, 0.25) is 0 Å². The van der Waals surface area contributed by atoms with Crippen LogP contribution in [0.5, 0.6) is 0 Å². The normalized spacial score (nSPS) is 20.6. The fraction of sp³-hybridized carbons (Fsp3) is 0.312. The molecule has 1 atom stereocenters. The molecule has 0 spiro atoms. The Morgan fingerprint density at radius 1 is 1.19 bits per heavy atom. The molecular weight excluding hydrogens is 262 g/mol. The number of nitrogens with one attached hydrogen (secondary N) is 1. The van der Waals surface area contributed by atoms with E-state index in [4.69, 9.17) is 11.5 Å². The van der Waals surface area contributed by atoms with E-state index >= 15 is 0 Å². The maximum atomic E-state index is 5.44. The zero-order valence-electron chi connectivity index (χ0n) is 11.9. The lowest BCUT2D eigenvalue weighted by Crippen LogP contribution is -2.73. The van der Waals surface area contributed by atoms with Crippen LogP contribution in [0.1, 0.15) is 37.3 Å². The van der Waals surface area contributed by atoms with Gasteiger partial charge in [-0.2, -0.15) is 5.10 Å². The summed E-state index contributed by atoms with van der Waals surface area (Å²) in [6, 6.07) is 10.4. The predicted molar refractivity (Wildman–Crippen MR) is 84.7 cm³/mol. The highest BCUT2D eigenvalue weighted by atomic mass is 15.3. The molecule has 1 aliphatic carbocycles. The van der Waals surface area contributed by atoms with E-state index in [0.717, 1.165) is 30.7 Å². The van der Waals surface area contributed by atoms with Crippen molar-refractivity contribution < 1.29 is 5.10 Å². The van der Waals surface area contributed by atoms with Gasteiger partial charge in [-0.1, -0.05) is 30.7 Å². The molecule has 108 valence electrons. The van der Waals surface area contributed by atoms with E-state index in [-0.39, 0.29) is 11.9 Å². The molecule has 0 saturated heterocycles. The fourth-order valence-corrected chi connectivity index (χ4v) is 2.98. The van der Waals surface area contributed by atoms with Crippen molar-refractivity contribution in [1.82, 2.24) is 4.98 Å². The first-order chi connectivity index (χ1) is 10.3. The lowest BCUT2D eigenvalue weighted by Gasteiger charge is -2.23. The molecule has 0 radical (unpaired) electrons. The average molecular weight is 282 g/mol. The van der Waals surface area contributed by atoms with Crippen LogP contribution in [0.2, 0.25) is 0 Å². The van der Waals surface area contributed by atoms with Crippen LogP contribution in [-0.4, -0.2) is 16.7 Å². The molecule has 5 heteroatoms. The minimum absolute atomic E-state index is 0.123. The van der Waals surface area contributed by atoms with E-state index in [1.165, 1.54) is 17.2 Å². The largest absolute Gasteiger partial charge is 0.362 e. The third-order valence-electron chi connectivity index (χ3n) is 3.94. The fourth-order valence-electron chi connectivity index (χ4n) is 2.98. The van der Waals surface area contributed by atoms with Gasteiger partial charge < -0.3 is 0 Å². The molecule has 0 amide bonds. The number of rotatable bonds is 2. The zero-order valence-corrected chi connectivity index (χ0v) is 11.9. The first-order valence-electron chi connectivity index (χ1n) is 7.29.